The summed E-state index contributed by atoms with van der Waals surface area (Å²) >= 11 is 3.95. The molecule has 0 bridgehead atoms. The van der Waals surface area contributed by atoms with Crippen LogP contribution in [0.1, 0.15) is 23.2 Å². The van der Waals surface area contributed by atoms with Crippen LogP contribution in [-0.4, -0.2) is 48.6 Å². The number of hydrogen-bond donors (Lipinski definition) is 6. The number of carbonyl (C=O) groups is 1. The molecule has 1 aromatic heterocycles. The van der Waals surface area contributed by atoms with Gasteiger partial charge in [-0.25, -0.2) is 9.36 Å². The van der Waals surface area contributed by atoms with Crippen molar-refractivity contribution in [3.05, 3.63) is 23.0 Å². The second kappa shape index (κ2) is 8.45. The summed E-state index contributed by atoms with van der Waals surface area (Å²) < 4.78 is 15.2. The van der Waals surface area contributed by atoms with E-state index in [2.05, 4.69) is 27.1 Å². The van der Waals surface area contributed by atoms with E-state index in [0.717, 1.165) is 0 Å². The topological polar surface area (TPSA) is 176 Å². The molecule has 0 aromatic carbocycles. The number of nitrogens with two attached hydrogens (primary N) is 1. The molecule has 0 fully saturated rings. The highest BCUT2D eigenvalue weighted by molar-refractivity contribution is 7.80. The van der Waals surface area contributed by atoms with Crippen molar-refractivity contribution in [1.29, 1.82) is 0 Å². The Hall–Kier alpha value is -1.65. The van der Waals surface area contributed by atoms with E-state index in [1.807, 2.05) is 0 Å². The maximum Gasteiger partial charge on any atom is 0.469 e. The fraction of sp³-hybridized carbons (Fsp3) is 0.417. The van der Waals surface area contributed by atoms with Crippen molar-refractivity contribution in [2.45, 2.75) is 26.0 Å². The Morgan fingerprint density at radius 1 is 1.54 bits per heavy atom. The van der Waals surface area contributed by atoms with Gasteiger partial charge in [-0.15, -0.1) is 0 Å². The second-order valence-electron chi connectivity index (χ2n) is 4.74. The number of aryl methyl sites for hydroxylation is 1. The van der Waals surface area contributed by atoms with Crippen LogP contribution in [0.4, 0.5) is 0 Å². The van der Waals surface area contributed by atoms with Crippen molar-refractivity contribution in [3.63, 3.8) is 0 Å². The Morgan fingerprint density at radius 2 is 2.17 bits per heavy atom. The summed E-state index contributed by atoms with van der Waals surface area (Å²) in [5.41, 5.74) is 5.95. The van der Waals surface area contributed by atoms with Gasteiger partial charge in [0.2, 0.25) is 0 Å². The summed E-state index contributed by atoms with van der Waals surface area (Å²) in [5.74, 6) is -1.65. The molecule has 10 nitrogen and oxygen atoms in total. The average molecular weight is 379 g/mol. The molecule has 1 heterocycles. The first-order chi connectivity index (χ1) is 11.1. The number of nitrogens with zero attached hydrogens (tertiary/aromatic N) is 2. The summed E-state index contributed by atoms with van der Waals surface area (Å²) in [5, 5.41) is 19.2. The molecule has 0 saturated heterocycles. The molecular weight excluding hydrogens is 361 g/mol. The fourth-order valence-corrected chi connectivity index (χ4v) is 2.33. The predicted octanol–water partition coefficient (Wildman–Crippen LogP) is 0.183. The van der Waals surface area contributed by atoms with Gasteiger partial charge in [0.1, 0.15) is 11.6 Å². The highest BCUT2D eigenvalue weighted by atomic mass is 32.1. The lowest BCUT2D eigenvalue weighted by Crippen LogP contribution is -2.25. The minimum Gasteiger partial charge on any atom is -0.505 e. The van der Waals surface area contributed by atoms with E-state index in [4.69, 9.17) is 20.6 Å². The molecule has 0 radical (unpaired) electrons. The Bertz CT molecular complexity index is 691. The van der Waals surface area contributed by atoms with E-state index in [9.17, 15) is 14.5 Å². The quantitative estimate of drug-likeness (QED) is 0.159. The normalized spacial score (nSPS) is 13.8. The number of thiol groups is 1. The summed E-state index contributed by atoms with van der Waals surface area (Å²) in [6, 6.07) is -1.18. The van der Waals surface area contributed by atoms with Crippen LogP contribution < -0.4 is 5.73 Å². The Morgan fingerprint density at radius 3 is 2.67 bits per heavy atom. The van der Waals surface area contributed by atoms with Crippen LogP contribution in [0, 0.1) is 6.92 Å². The maximum atomic E-state index is 11.2. The number of aromatic nitrogens is 1. The molecule has 0 saturated carbocycles. The third-order valence-corrected chi connectivity index (χ3v) is 3.67. The third-order valence-electron chi connectivity index (χ3n) is 2.94. The van der Waals surface area contributed by atoms with E-state index in [0.29, 0.717) is 0 Å². The van der Waals surface area contributed by atoms with Gasteiger partial charge in [-0.3, -0.25) is 14.5 Å². The van der Waals surface area contributed by atoms with E-state index in [1.54, 1.807) is 0 Å². The third kappa shape index (κ3) is 5.77. The van der Waals surface area contributed by atoms with E-state index < -0.39 is 26.4 Å². The summed E-state index contributed by atoms with van der Waals surface area (Å²) in [6.07, 6.45) is 1.31. The summed E-state index contributed by atoms with van der Waals surface area (Å²) in [7, 11) is -4.76. The molecule has 1 atom stereocenters. The van der Waals surface area contributed by atoms with Crippen molar-refractivity contribution < 1.29 is 33.9 Å². The van der Waals surface area contributed by atoms with Crippen molar-refractivity contribution >= 4 is 32.3 Å². The fourth-order valence-electron chi connectivity index (χ4n) is 1.78. The molecular formula is C12H18N3O7PS. The van der Waals surface area contributed by atoms with Gasteiger partial charge in [-0.2, -0.15) is 12.6 Å². The number of carboxylic acids is 1. The molecule has 0 aliphatic rings. The molecule has 6 N–H and O–H groups in total. The zero-order chi connectivity index (χ0) is 18.5. The molecule has 12 heteroatoms. The first kappa shape index (κ1) is 20.4. The van der Waals surface area contributed by atoms with Gasteiger partial charge in [0.25, 0.3) is 0 Å². The SMILES string of the molecule is Cc1ncc(COP(=O)(O)O)c(C(N)=N[C@@H](CCS)C(=O)O)c1O. The number of amidine groups is 1. The van der Waals surface area contributed by atoms with Gasteiger partial charge in [-0.1, -0.05) is 0 Å². The number of aromatic hydroxyl groups is 1. The molecule has 134 valence electrons. The van der Waals surface area contributed by atoms with E-state index in [-0.39, 0.29) is 40.6 Å². The van der Waals surface area contributed by atoms with Crippen molar-refractivity contribution in [2.24, 2.45) is 10.7 Å². The summed E-state index contributed by atoms with van der Waals surface area (Å²) in [4.78, 5) is 36.4. The number of carboxylic acid groups (broad SMARTS) is 1. The van der Waals surface area contributed by atoms with Crippen LogP contribution in [-0.2, 0) is 20.5 Å². The van der Waals surface area contributed by atoms with Crippen molar-refractivity contribution in [3.8, 4) is 5.75 Å². The van der Waals surface area contributed by atoms with Gasteiger partial charge in [0, 0.05) is 11.8 Å². The number of phosphoric ester groups is 1. The number of aliphatic imine (C=N–C) groups is 1. The van der Waals surface area contributed by atoms with Crippen molar-refractivity contribution in [2.75, 3.05) is 5.75 Å². The first-order valence-corrected chi connectivity index (χ1v) is 8.78. The number of phosphoric acid groups is 1. The monoisotopic (exact) mass is 379 g/mol. The lowest BCUT2D eigenvalue weighted by atomic mass is 10.1. The van der Waals surface area contributed by atoms with Gasteiger partial charge in [0.05, 0.1) is 17.9 Å². The lowest BCUT2D eigenvalue weighted by Gasteiger charge is -2.14. The number of pyridine rings is 1. The first-order valence-electron chi connectivity index (χ1n) is 6.61. The largest absolute Gasteiger partial charge is 0.505 e. The highest BCUT2D eigenvalue weighted by Gasteiger charge is 2.22. The highest BCUT2D eigenvalue weighted by Crippen LogP contribution is 2.38. The standard InChI is InChI=1S/C12H18N3O7PS/c1-6-10(16)9(7(4-14-6)5-22-23(19,20)21)11(13)15-8(2-3-24)12(17)18/h4,8,16,24H,2-3,5H2,1H3,(H2,13,15)(H,17,18)(H2,19,20,21)/t8-/m0/s1. The van der Waals surface area contributed by atoms with Crippen molar-refractivity contribution in [1.82, 2.24) is 4.98 Å². The molecule has 0 aliphatic carbocycles. The molecule has 0 amide bonds. The molecule has 0 aliphatic heterocycles. The Labute approximate surface area is 143 Å². The van der Waals surface area contributed by atoms with Gasteiger partial charge in [-0.05, 0) is 19.1 Å². The average Bonchev–Trinajstić information content (AvgIpc) is 2.46. The lowest BCUT2D eigenvalue weighted by molar-refractivity contribution is -0.138. The minimum absolute atomic E-state index is 0.0534. The zero-order valence-corrected chi connectivity index (χ0v) is 14.4. The number of aliphatic carboxylic acids is 1. The molecule has 24 heavy (non-hydrogen) atoms. The summed E-state index contributed by atoms with van der Waals surface area (Å²) in [6.45, 7) is 0.878. The number of hydrogen-bond acceptors (Lipinski definition) is 7. The van der Waals surface area contributed by atoms with E-state index >= 15 is 0 Å². The van der Waals surface area contributed by atoms with Crippen LogP contribution in [0.2, 0.25) is 0 Å². The zero-order valence-electron chi connectivity index (χ0n) is 12.7. The Balaban J connectivity index is 3.30. The molecule has 0 spiro atoms. The van der Waals surface area contributed by atoms with Gasteiger partial charge < -0.3 is 25.7 Å². The van der Waals surface area contributed by atoms with Crippen LogP contribution in [0.5, 0.6) is 5.75 Å². The van der Waals surface area contributed by atoms with Gasteiger partial charge in [0.15, 0.2) is 6.04 Å². The van der Waals surface area contributed by atoms with E-state index in [1.165, 1.54) is 13.1 Å². The predicted molar refractivity (Wildman–Crippen MR) is 88.1 cm³/mol. The maximum absolute atomic E-state index is 11.2. The molecule has 1 aromatic rings. The van der Waals surface area contributed by atoms with Crippen LogP contribution in [0.25, 0.3) is 0 Å². The number of rotatable bonds is 8. The smallest absolute Gasteiger partial charge is 0.469 e. The Kier molecular flexibility index (Phi) is 7.18. The second-order valence-corrected chi connectivity index (χ2v) is 6.42. The molecule has 0 unspecified atom stereocenters. The van der Waals surface area contributed by atoms with Crippen LogP contribution in [0.15, 0.2) is 11.2 Å². The van der Waals surface area contributed by atoms with Gasteiger partial charge >= 0.3 is 13.8 Å². The minimum atomic E-state index is -4.76. The molecule has 1 rings (SSSR count). The van der Waals surface area contributed by atoms with Crippen LogP contribution in [0.3, 0.4) is 0 Å². The van der Waals surface area contributed by atoms with Crippen LogP contribution >= 0.6 is 20.5 Å².